The molecule has 0 unspecified atom stereocenters. The molecule has 0 saturated heterocycles. The molecule has 0 saturated carbocycles. The SMILES string of the molecule is C[C@@H]1Cc2ccccc2N1C(=O)CO/N=C\c1ccc(OC(F)F)cc1. The van der Waals surface area contributed by atoms with Crippen LogP contribution in [-0.2, 0) is 16.1 Å². The van der Waals surface area contributed by atoms with Crippen molar-refractivity contribution in [3.8, 4) is 5.75 Å². The predicted molar refractivity (Wildman–Crippen MR) is 93.7 cm³/mol. The number of nitrogens with zero attached hydrogens (tertiary/aromatic N) is 2. The van der Waals surface area contributed by atoms with Gasteiger partial charge in [-0.1, -0.05) is 23.4 Å². The van der Waals surface area contributed by atoms with Crippen molar-refractivity contribution in [2.75, 3.05) is 11.5 Å². The smallest absolute Gasteiger partial charge is 0.387 e. The van der Waals surface area contributed by atoms with E-state index in [0.29, 0.717) is 5.56 Å². The maximum absolute atomic E-state index is 12.4. The lowest BCUT2D eigenvalue weighted by Crippen LogP contribution is -2.37. The Morgan fingerprint density at radius 2 is 2.00 bits per heavy atom. The summed E-state index contributed by atoms with van der Waals surface area (Å²) in [4.78, 5) is 19.2. The first-order chi connectivity index (χ1) is 12.5. The maximum atomic E-state index is 12.4. The highest BCUT2D eigenvalue weighted by atomic mass is 19.3. The third-order valence-electron chi connectivity index (χ3n) is 4.05. The average molecular weight is 360 g/mol. The number of oxime groups is 1. The van der Waals surface area contributed by atoms with Gasteiger partial charge in [-0.3, -0.25) is 4.79 Å². The monoisotopic (exact) mass is 360 g/mol. The summed E-state index contributed by atoms with van der Waals surface area (Å²) in [6.45, 7) is -1.05. The highest BCUT2D eigenvalue weighted by molar-refractivity contribution is 5.97. The number of hydrogen-bond donors (Lipinski definition) is 0. The first-order valence-electron chi connectivity index (χ1n) is 8.15. The second-order valence-electron chi connectivity index (χ2n) is 5.90. The van der Waals surface area contributed by atoms with Crippen molar-refractivity contribution in [1.82, 2.24) is 0 Å². The summed E-state index contributed by atoms with van der Waals surface area (Å²) in [7, 11) is 0. The summed E-state index contributed by atoms with van der Waals surface area (Å²) in [5, 5.41) is 3.76. The van der Waals surface area contributed by atoms with Gasteiger partial charge in [-0.2, -0.15) is 8.78 Å². The first-order valence-corrected chi connectivity index (χ1v) is 8.15. The van der Waals surface area contributed by atoms with Gasteiger partial charge >= 0.3 is 6.61 Å². The number of carbonyl (C=O) groups is 1. The zero-order valence-corrected chi connectivity index (χ0v) is 14.1. The topological polar surface area (TPSA) is 51.1 Å². The lowest BCUT2D eigenvalue weighted by Gasteiger charge is -2.21. The number of anilines is 1. The van der Waals surface area contributed by atoms with Crippen LogP contribution >= 0.6 is 0 Å². The van der Waals surface area contributed by atoms with Gasteiger partial charge in [-0.25, -0.2) is 0 Å². The summed E-state index contributed by atoms with van der Waals surface area (Å²) in [6, 6.07) is 13.8. The van der Waals surface area contributed by atoms with Gasteiger partial charge in [-0.15, -0.1) is 0 Å². The lowest BCUT2D eigenvalue weighted by molar-refractivity contribution is -0.123. The van der Waals surface area contributed by atoms with Gasteiger partial charge in [-0.05, 0) is 54.8 Å². The van der Waals surface area contributed by atoms with Crippen LogP contribution in [0.5, 0.6) is 5.75 Å². The molecular weight excluding hydrogens is 342 g/mol. The number of hydrogen-bond acceptors (Lipinski definition) is 4. The van der Waals surface area contributed by atoms with E-state index in [0.717, 1.165) is 17.7 Å². The molecule has 0 bridgehead atoms. The second-order valence-corrected chi connectivity index (χ2v) is 5.90. The predicted octanol–water partition coefficient (Wildman–Crippen LogP) is 3.62. The molecule has 0 N–H and O–H groups in total. The van der Waals surface area contributed by atoms with Crippen LogP contribution in [0.1, 0.15) is 18.1 Å². The van der Waals surface area contributed by atoms with Crippen LogP contribution in [-0.4, -0.2) is 31.4 Å². The number of benzene rings is 2. The molecule has 0 aliphatic carbocycles. The Bertz CT molecular complexity index is 794. The standard InChI is InChI=1S/C19H18F2N2O3/c1-13-10-15-4-2-3-5-17(15)23(13)18(24)12-25-22-11-14-6-8-16(9-7-14)26-19(20)21/h2-9,11,13,19H,10,12H2,1H3/b22-11-/t13-/m1/s1. The third-order valence-corrected chi connectivity index (χ3v) is 4.05. The van der Waals surface area contributed by atoms with Crippen molar-refractivity contribution in [2.45, 2.75) is 26.0 Å². The zero-order chi connectivity index (χ0) is 18.5. The van der Waals surface area contributed by atoms with Crippen molar-refractivity contribution in [1.29, 1.82) is 0 Å². The second kappa shape index (κ2) is 7.95. The molecule has 1 aliphatic heterocycles. The Morgan fingerprint density at radius 1 is 1.27 bits per heavy atom. The average Bonchev–Trinajstić information content (AvgIpc) is 2.95. The molecule has 2 aromatic rings. The van der Waals surface area contributed by atoms with Crippen LogP contribution in [0, 0.1) is 0 Å². The normalized spacial score (nSPS) is 16.2. The van der Waals surface area contributed by atoms with Gasteiger partial charge < -0.3 is 14.5 Å². The van der Waals surface area contributed by atoms with Crippen molar-refractivity contribution in [3.05, 3.63) is 59.7 Å². The summed E-state index contributed by atoms with van der Waals surface area (Å²) >= 11 is 0. The van der Waals surface area contributed by atoms with Crippen molar-refractivity contribution < 1.29 is 23.1 Å². The molecule has 7 heteroatoms. The third kappa shape index (κ3) is 4.17. The van der Waals surface area contributed by atoms with E-state index < -0.39 is 6.61 Å². The molecule has 1 aliphatic rings. The summed E-state index contributed by atoms with van der Waals surface area (Å²) in [5.41, 5.74) is 2.69. The number of amides is 1. The van der Waals surface area contributed by atoms with Crippen molar-refractivity contribution in [2.24, 2.45) is 5.16 Å². The van der Waals surface area contributed by atoms with Crippen molar-refractivity contribution in [3.63, 3.8) is 0 Å². The number of carbonyl (C=O) groups excluding carboxylic acids is 1. The fourth-order valence-electron chi connectivity index (χ4n) is 2.94. The fraction of sp³-hybridized carbons (Fsp3) is 0.263. The molecule has 5 nitrogen and oxygen atoms in total. The molecule has 0 radical (unpaired) electrons. The van der Waals surface area contributed by atoms with E-state index in [2.05, 4.69) is 9.89 Å². The van der Waals surface area contributed by atoms with Crippen LogP contribution in [0.2, 0.25) is 0 Å². The highest BCUT2D eigenvalue weighted by Crippen LogP contribution is 2.31. The molecule has 1 atom stereocenters. The molecule has 0 aromatic heterocycles. The summed E-state index contributed by atoms with van der Waals surface area (Å²) < 4.78 is 28.4. The van der Waals surface area contributed by atoms with Gasteiger partial charge in [0.15, 0.2) is 6.61 Å². The van der Waals surface area contributed by atoms with E-state index in [1.807, 2.05) is 31.2 Å². The molecular formula is C19H18F2N2O3. The molecule has 2 aromatic carbocycles. The minimum absolute atomic E-state index is 0.0648. The first kappa shape index (κ1) is 17.8. The van der Waals surface area contributed by atoms with E-state index in [9.17, 15) is 13.6 Å². The van der Waals surface area contributed by atoms with Crippen LogP contribution in [0.15, 0.2) is 53.7 Å². The Balaban J connectivity index is 1.53. The molecule has 3 rings (SSSR count). The quantitative estimate of drug-likeness (QED) is 0.584. The van der Waals surface area contributed by atoms with Crippen LogP contribution < -0.4 is 9.64 Å². The van der Waals surface area contributed by atoms with Gasteiger partial charge in [0.1, 0.15) is 5.75 Å². The summed E-state index contributed by atoms with van der Waals surface area (Å²) in [5.74, 6) is -0.102. The van der Waals surface area contributed by atoms with Crippen molar-refractivity contribution >= 4 is 17.8 Å². The van der Waals surface area contributed by atoms with E-state index >= 15 is 0 Å². The Kier molecular flexibility index (Phi) is 5.46. The maximum Gasteiger partial charge on any atom is 0.387 e. The van der Waals surface area contributed by atoms with Gasteiger partial charge in [0, 0.05) is 11.7 Å². The number of rotatable bonds is 6. The molecule has 136 valence electrons. The largest absolute Gasteiger partial charge is 0.435 e. The zero-order valence-electron chi connectivity index (χ0n) is 14.1. The minimum atomic E-state index is -2.86. The number of para-hydroxylation sites is 1. The number of fused-ring (bicyclic) bond motifs is 1. The highest BCUT2D eigenvalue weighted by Gasteiger charge is 2.30. The van der Waals surface area contributed by atoms with Crippen LogP contribution in [0.4, 0.5) is 14.5 Å². The molecule has 0 spiro atoms. The Labute approximate surface area is 149 Å². The molecule has 0 fully saturated rings. The summed E-state index contributed by atoms with van der Waals surface area (Å²) in [6.07, 6.45) is 2.22. The fourth-order valence-corrected chi connectivity index (χ4v) is 2.94. The van der Waals surface area contributed by atoms with E-state index in [-0.39, 0.29) is 24.3 Å². The van der Waals surface area contributed by atoms with E-state index in [1.54, 1.807) is 17.0 Å². The van der Waals surface area contributed by atoms with Crippen LogP contribution in [0.3, 0.4) is 0 Å². The molecule has 1 amide bonds. The molecule has 26 heavy (non-hydrogen) atoms. The minimum Gasteiger partial charge on any atom is -0.435 e. The number of ether oxygens (including phenoxy) is 1. The van der Waals surface area contributed by atoms with Crippen LogP contribution in [0.25, 0.3) is 0 Å². The van der Waals surface area contributed by atoms with Gasteiger partial charge in [0.25, 0.3) is 5.91 Å². The molecule has 1 heterocycles. The van der Waals surface area contributed by atoms with Gasteiger partial charge in [0.2, 0.25) is 0 Å². The number of halogens is 2. The van der Waals surface area contributed by atoms with E-state index in [4.69, 9.17) is 4.84 Å². The van der Waals surface area contributed by atoms with Gasteiger partial charge in [0.05, 0.1) is 6.21 Å². The lowest BCUT2D eigenvalue weighted by atomic mass is 10.1. The Hall–Kier alpha value is -2.96. The Morgan fingerprint density at radius 3 is 2.73 bits per heavy atom. The number of alkyl halides is 2. The van der Waals surface area contributed by atoms with E-state index in [1.165, 1.54) is 18.3 Å².